The number of H-pyrrole nitrogens is 5. The Bertz CT molecular complexity index is 7850. The number of nitrogens with one attached hydrogen (secondary N) is 10. The van der Waals surface area contributed by atoms with Crippen molar-refractivity contribution in [3.05, 3.63) is 288 Å². The molecule has 36 nitrogen and oxygen atoms in total. The van der Waals surface area contributed by atoms with Crippen LogP contribution in [0, 0.1) is 23.3 Å². The van der Waals surface area contributed by atoms with Crippen LogP contribution in [-0.2, 0) is 0 Å². The summed E-state index contributed by atoms with van der Waals surface area (Å²) in [5.74, 6) is -2.06. The highest BCUT2D eigenvalue weighted by Gasteiger charge is 2.23. The molecule has 0 aliphatic rings. The Balaban J connectivity index is 0.000000118. The van der Waals surface area contributed by atoms with Crippen molar-refractivity contribution in [3.8, 4) is 28.6 Å². The maximum Gasteiger partial charge on any atom is 0.325 e. The first kappa shape index (κ1) is 85.7. The lowest BCUT2D eigenvalue weighted by Crippen LogP contribution is -2.28. The number of hydrogen-bond acceptors (Lipinski definition) is 16. The molecule has 20 rings (SSSR count). The largest absolute Gasteiger partial charge is 0.338 e. The summed E-state index contributed by atoms with van der Waals surface area (Å²) in [6, 6.07) is 25.8. The zero-order valence-corrected chi connectivity index (χ0v) is 69.9. The SMILES string of the molecule is CCCCNC(=O)n1cc2ncc3c(=O)n(-c4ccccc4)[nH]c3c2c1.CCCCNC(=O)n1cc2ncc3c(=O)n(-c4ccccc4F)[nH]c3c2c1.CCNC(=O)n1cc2ncc3c(=O)n(-c4cc(F)cc(F)c4)[nH]c3c2c1.CCNC(=O)n1cc2ncc3c(=O)n(-c4ccc(Cl)cn4)[nH]c3c2c1.CCNC(=O)n1cc2ncc3c(=O)n(-c4ccc(F)cc4)[nH]c3c2c1. The van der Waals surface area contributed by atoms with Crippen molar-refractivity contribution in [2.75, 3.05) is 32.7 Å². The molecule has 0 radical (unpaired) electrons. The molecule has 5 amide bonds. The fourth-order valence-electron chi connectivity index (χ4n) is 14.3. The molecule has 654 valence electrons. The van der Waals surface area contributed by atoms with Crippen molar-refractivity contribution in [3.63, 3.8) is 0 Å². The average Bonchev–Trinajstić information content (AvgIpc) is 1.64. The van der Waals surface area contributed by atoms with E-state index in [1.54, 1.807) is 93.2 Å². The molecule has 16 aromatic heterocycles. The Labute approximate surface area is 726 Å². The number of unbranched alkanes of at least 4 members (excludes halogenated alkanes) is 2. The predicted octanol–water partition coefficient (Wildman–Crippen LogP) is 13.4. The Morgan fingerprint density at radius 1 is 0.326 bits per heavy atom. The number of halogens is 5. The van der Waals surface area contributed by atoms with Gasteiger partial charge >= 0.3 is 30.2 Å². The third kappa shape index (κ3) is 17.1. The number of nitrogens with zero attached hydrogens (tertiary/aromatic N) is 16. The van der Waals surface area contributed by atoms with Gasteiger partial charge in [-0.2, -0.15) is 0 Å². The second kappa shape index (κ2) is 36.6. The van der Waals surface area contributed by atoms with Gasteiger partial charge in [0.25, 0.3) is 27.8 Å². The monoisotopic (exact) mass is 1770 g/mol. The van der Waals surface area contributed by atoms with Gasteiger partial charge in [-0.15, -0.1) is 0 Å². The summed E-state index contributed by atoms with van der Waals surface area (Å²) < 4.78 is 67.6. The van der Waals surface area contributed by atoms with Gasteiger partial charge in [-0.25, -0.2) is 69.9 Å². The van der Waals surface area contributed by atoms with Gasteiger partial charge in [-0.05, 0) is 106 Å². The van der Waals surface area contributed by atoms with E-state index in [1.165, 1.54) is 110 Å². The van der Waals surface area contributed by atoms with E-state index in [2.05, 4.69) is 88.9 Å². The lowest BCUT2D eigenvalue weighted by atomic mass is 10.2. The molecule has 4 aromatic carbocycles. The van der Waals surface area contributed by atoms with Gasteiger partial charge in [0.05, 0.1) is 104 Å². The van der Waals surface area contributed by atoms with E-state index in [4.69, 9.17) is 11.6 Å². The van der Waals surface area contributed by atoms with Crippen LogP contribution in [0.15, 0.2) is 232 Å². The Kier molecular flexibility index (Phi) is 24.3. The molecule has 16 heterocycles. The minimum absolute atomic E-state index is 0.0278. The van der Waals surface area contributed by atoms with Crippen LogP contribution in [0.4, 0.5) is 41.5 Å². The van der Waals surface area contributed by atoms with Gasteiger partial charge in [0.2, 0.25) is 0 Å². The van der Waals surface area contributed by atoms with Crippen molar-refractivity contribution >= 4 is 151 Å². The second-order valence-corrected chi connectivity index (χ2v) is 29.7. The van der Waals surface area contributed by atoms with E-state index >= 15 is 0 Å². The molecule has 0 unspecified atom stereocenters. The van der Waals surface area contributed by atoms with Crippen LogP contribution in [-0.4, -0.2) is 165 Å². The smallest absolute Gasteiger partial charge is 0.325 e. The van der Waals surface area contributed by atoms with Crippen molar-refractivity contribution in [2.24, 2.45) is 0 Å². The first-order valence-electron chi connectivity index (χ1n) is 40.6. The zero-order chi connectivity index (χ0) is 90.6. The number of amides is 5. The zero-order valence-electron chi connectivity index (χ0n) is 69.1. The summed E-state index contributed by atoms with van der Waals surface area (Å²) in [6.07, 6.45) is 28.8. The van der Waals surface area contributed by atoms with Crippen LogP contribution in [0.5, 0.6) is 0 Å². The van der Waals surface area contributed by atoms with E-state index in [0.717, 1.165) is 64.3 Å². The quantitative estimate of drug-likeness (QED) is 0.0357. The molecule has 129 heavy (non-hydrogen) atoms. The fraction of sp³-hybridized carbons (Fsp3) is 0.159. The summed E-state index contributed by atoms with van der Waals surface area (Å²) in [4.78, 5) is 149. The number of para-hydroxylation sites is 2. The standard InChI is InChI=1S/C19H18FN5O2.C19H19N5O2.C17H13F2N5O2.C17H14FN5O2.C16H13ClN6O2/c1-2-3-8-21-19(27)24-10-13-15(11-24)22-9-12-17(13)23-25(18(12)26)16-7-5-4-6-14(16)20;1-2-3-9-20-19(26)23-11-15-16(12-23)21-10-14-17(15)22-24(18(14)25)13-7-5-4-6-8-13;1-2-20-17(26)23-7-13-14(8-23)21-6-12-15(13)22-24(16(12)25)11-4-9(18)3-10(19)5-11;1-2-19-17(25)22-8-13-14(9-22)20-7-12-15(13)21-23(16(12)24)11-5-3-10(18)4-6-11;1-2-18-16(25)22-7-11-12(8-22)19-6-10-14(11)21-23(15(10)24)13-4-3-9(17)5-20-13/h4-7,9-11,23H,2-3,8H2,1H3,(H,21,27);4-8,10-12,22H,2-3,9H2,1H3,(H,20,26);3-8,22H,2H2,1H3,(H,20,26);3-9,21H,2H2,1H3,(H,19,25);3-8,21H,2H2,1H3,(H,18,25). The molecule has 41 heteroatoms. The van der Waals surface area contributed by atoms with Crippen LogP contribution < -0.4 is 54.4 Å². The number of fused-ring (bicyclic) bond motifs is 15. The first-order valence-corrected chi connectivity index (χ1v) is 40.9. The van der Waals surface area contributed by atoms with E-state index in [1.807, 2.05) is 51.1 Å². The van der Waals surface area contributed by atoms with Gasteiger partial charge in [-0.1, -0.05) is 68.6 Å². The van der Waals surface area contributed by atoms with Crippen LogP contribution in [0.1, 0.15) is 60.3 Å². The Hall–Kier alpha value is -16.8. The van der Waals surface area contributed by atoms with Gasteiger partial charge in [-0.3, -0.25) is 97.2 Å². The summed E-state index contributed by atoms with van der Waals surface area (Å²) in [5.41, 5.74) is 5.48. The third-order valence-corrected chi connectivity index (χ3v) is 20.9. The summed E-state index contributed by atoms with van der Waals surface area (Å²) in [5, 5.41) is 34.4. The van der Waals surface area contributed by atoms with Crippen LogP contribution in [0.2, 0.25) is 5.02 Å². The number of aromatic amines is 5. The third-order valence-electron chi connectivity index (χ3n) is 20.7. The van der Waals surface area contributed by atoms with Crippen LogP contribution >= 0.6 is 11.6 Å². The van der Waals surface area contributed by atoms with Gasteiger partial charge in [0.15, 0.2) is 5.82 Å². The number of carbonyl (C=O) groups excluding carboxylic acids is 5. The molecule has 0 spiro atoms. The number of aromatic nitrogens is 21. The minimum atomic E-state index is -0.795. The molecule has 10 N–H and O–H groups in total. The lowest BCUT2D eigenvalue weighted by Gasteiger charge is -2.03. The summed E-state index contributed by atoms with van der Waals surface area (Å²) in [6.45, 7) is 12.3. The maximum absolute atomic E-state index is 14.1. The minimum Gasteiger partial charge on any atom is -0.338 e. The highest BCUT2D eigenvalue weighted by Crippen LogP contribution is 2.29. The van der Waals surface area contributed by atoms with Gasteiger partial charge in [0, 0.05) is 165 Å². The molecule has 0 saturated carbocycles. The average molecular weight is 1770 g/mol. The number of carbonyl (C=O) groups is 5. The summed E-state index contributed by atoms with van der Waals surface area (Å²) >= 11 is 5.84. The van der Waals surface area contributed by atoms with Crippen LogP contribution in [0.3, 0.4) is 0 Å². The van der Waals surface area contributed by atoms with Gasteiger partial charge < -0.3 is 26.6 Å². The Morgan fingerprint density at radius 3 is 1.01 bits per heavy atom. The van der Waals surface area contributed by atoms with Crippen molar-refractivity contribution < 1.29 is 41.5 Å². The molecule has 20 aromatic rings. The molecule has 0 atom stereocenters. The van der Waals surface area contributed by atoms with E-state index in [-0.39, 0.29) is 69.4 Å². The van der Waals surface area contributed by atoms with E-state index < -0.39 is 28.6 Å². The van der Waals surface area contributed by atoms with Gasteiger partial charge in [0.1, 0.15) is 29.0 Å². The predicted molar refractivity (Wildman–Crippen MR) is 479 cm³/mol. The lowest BCUT2D eigenvalue weighted by molar-refractivity contribution is 0.241. The topological polar surface area (TPSA) is 436 Å². The van der Waals surface area contributed by atoms with E-state index in [9.17, 15) is 65.5 Å². The summed E-state index contributed by atoms with van der Waals surface area (Å²) in [7, 11) is 0. The van der Waals surface area contributed by atoms with Crippen molar-refractivity contribution in [1.29, 1.82) is 0 Å². The highest BCUT2D eigenvalue weighted by molar-refractivity contribution is 6.30. The number of hydrogen-bond donors (Lipinski definition) is 10. The highest BCUT2D eigenvalue weighted by atomic mass is 35.5. The molecule has 0 saturated heterocycles. The maximum atomic E-state index is 14.1. The van der Waals surface area contributed by atoms with E-state index in [0.29, 0.717) is 148 Å². The molecule has 0 aliphatic carbocycles. The molecule has 0 fully saturated rings. The normalized spacial score (nSPS) is 11.3. The molecule has 0 aliphatic heterocycles. The molecular formula is C88H77ClF4N26O10. The van der Waals surface area contributed by atoms with Crippen LogP contribution in [0.25, 0.3) is 138 Å². The molecule has 0 bridgehead atoms. The number of pyridine rings is 6. The number of benzene rings is 4. The second-order valence-electron chi connectivity index (χ2n) is 29.2. The Morgan fingerprint density at radius 2 is 0.651 bits per heavy atom. The first-order chi connectivity index (χ1) is 62.4. The number of rotatable bonds is 14. The van der Waals surface area contributed by atoms with Crippen molar-refractivity contribution in [2.45, 2.75) is 60.3 Å². The van der Waals surface area contributed by atoms with Crippen molar-refractivity contribution in [1.82, 2.24) is 128 Å². The molecular weight excluding hydrogens is 1690 g/mol. The fourth-order valence-corrected chi connectivity index (χ4v) is 14.4.